The molecule has 0 amide bonds. The summed E-state index contributed by atoms with van der Waals surface area (Å²) in [7, 11) is -9.30. The van der Waals surface area contributed by atoms with Crippen molar-refractivity contribution in [2.75, 3.05) is 0 Å². The standard InChI is InChI=1S/C16H12N2O6S2/c19-25(20,21)14-10-9-13(18-17-11-5-2-1-3-6-11)16-12(14)7-4-8-15(16)26(22,23)24/h1-10H,(H,19,20,21)(H,22,23,24). The van der Waals surface area contributed by atoms with Crippen molar-refractivity contribution in [3.63, 3.8) is 0 Å². The van der Waals surface area contributed by atoms with E-state index in [1.807, 2.05) is 0 Å². The predicted molar refractivity (Wildman–Crippen MR) is 94.2 cm³/mol. The smallest absolute Gasteiger partial charge is 0.282 e. The number of benzene rings is 3. The maximum absolute atomic E-state index is 11.7. The fourth-order valence-electron chi connectivity index (χ4n) is 2.46. The van der Waals surface area contributed by atoms with Crippen molar-refractivity contribution in [1.82, 2.24) is 0 Å². The summed E-state index contributed by atoms with van der Waals surface area (Å²) in [6.45, 7) is 0. The number of rotatable bonds is 4. The van der Waals surface area contributed by atoms with Crippen molar-refractivity contribution >= 4 is 42.4 Å². The second-order valence-corrected chi connectivity index (χ2v) is 8.03. The Labute approximate surface area is 149 Å². The maximum atomic E-state index is 11.7. The van der Waals surface area contributed by atoms with Crippen molar-refractivity contribution < 1.29 is 25.9 Å². The number of fused-ring (bicyclic) bond motifs is 1. The fraction of sp³-hybridized carbons (Fsp3) is 0. The summed E-state index contributed by atoms with van der Waals surface area (Å²) in [5.74, 6) is 0. The zero-order valence-corrected chi connectivity index (χ0v) is 14.6. The molecule has 0 unspecified atom stereocenters. The molecule has 0 heterocycles. The van der Waals surface area contributed by atoms with E-state index in [1.54, 1.807) is 30.3 Å². The molecule has 0 aliphatic carbocycles. The highest BCUT2D eigenvalue weighted by molar-refractivity contribution is 7.86. The minimum absolute atomic E-state index is 0.0180. The molecule has 0 aromatic heterocycles. The topological polar surface area (TPSA) is 133 Å². The highest BCUT2D eigenvalue weighted by Gasteiger charge is 2.22. The van der Waals surface area contributed by atoms with E-state index in [1.165, 1.54) is 18.2 Å². The molecule has 0 bridgehead atoms. The minimum atomic E-state index is -4.68. The maximum Gasteiger partial charge on any atom is 0.295 e. The molecular weight excluding hydrogens is 380 g/mol. The summed E-state index contributed by atoms with van der Waals surface area (Å²) in [6, 6.07) is 14.5. The van der Waals surface area contributed by atoms with E-state index in [2.05, 4.69) is 10.2 Å². The number of hydrogen-bond acceptors (Lipinski definition) is 6. The number of nitrogens with zero attached hydrogens (tertiary/aromatic N) is 2. The van der Waals surface area contributed by atoms with Gasteiger partial charge >= 0.3 is 0 Å². The van der Waals surface area contributed by atoms with Crippen LogP contribution in [0.5, 0.6) is 0 Å². The molecule has 0 atom stereocenters. The summed E-state index contributed by atoms with van der Waals surface area (Å²) < 4.78 is 65.5. The Morgan fingerprint density at radius 1 is 0.654 bits per heavy atom. The van der Waals surface area contributed by atoms with Crippen LogP contribution in [0.2, 0.25) is 0 Å². The molecule has 0 aliphatic rings. The third kappa shape index (κ3) is 3.63. The third-order valence-electron chi connectivity index (χ3n) is 3.53. The first-order valence-corrected chi connectivity index (χ1v) is 10.0. The number of hydrogen-bond donors (Lipinski definition) is 2. The van der Waals surface area contributed by atoms with E-state index < -0.39 is 30.0 Å². The van der Waals surface area contributed by atoms with Crippen LogP contribution in [0.1, 0.15) is 0 Å². The van der Waals surface area contributed by atoms with Gasteiger partial charge in [0.25, 0.3) is 20.2 Å². The van der Waals surface area contributed by atoms with Crippen LogP contribution in [0, 0.1) is 0 Å². The summed E-state index contributed by atoms with van der Waals surface area (Å²) in [5.41, 5.74) is 0.508. The lowest BCUT2D eigenvalue weighted by molar-refractivity contribution is 0.481. The molecule has 3 aromatic rings. The van der Waals surface area contributed by atoms with Gasteiger partial charge < -0.3 is 0 Å². The average Bonchev–Trinajstić information content (AvgIpc) is 2.58. The molecule has 0 saturated heterocycles. The van der Waals surface area contributed by atoms with E-state index in [9.17, 15) is 25.9 Å². The van der Waals surface area contributed by atoms with Gasteiger partial charge in [0.05, 0.1) is 11.4 Å². The molecule has 2 N–H and O–H groups in total. The first-order chi connectivity index (χ1) is 12.2. The van der Waals surface area contributed by atoms with E-state index in [0.717, 1.165) is 12.1 Å². The van der Waals surface area contributed by atoms with Gasteiger partial charge in [0.15, 0.2) is 0 Å². The van der Waals surface area contributed by atoms with Crippen molar-refractivity contribution in [2.24, 2.45) is 10.2 Å². The number of azo groups is 1. The van der Waals surface area contributed by atoms with Crippen LogP contribution < -0.4 is 0 Å². The van der Waals surface area contributed by atoms with E-state index in [-0.39, 0.29) is 16.5 Å². The average molecular weight is 392 g/mol. The Morgan fingerprint density at radius 3 is 1.92 bits per heavy atom. The Bertz CT molecular complexity index is 1220. The second-order valence-electron chi connectivity index (χ2n) is 5.25. The molecule has 26 heavy (non-hydrogen) atoms. The lowest BCUT2D eigenvalue weighted by Crippen LogP contribution is -2.03. The van der Waals surface area contributed by atoms with Crippen LogP contribution in [-0.4, -0.2) is 25.9 Å². The Kier molecular flexibility index (Phi) is 4.59. The lowest BCUT2D eigenvalue weighted by atomic mass is 10.1. The fourth-order valence-corrected chi connectivity index (χ4v) is 3.87. The molecule has 0 radical (unpaired) electrons. The van der Waals surface area contributed by atoms with Gasteiger partial charge in [-0.25, -0.2) is 0 Å². The molecule has 0 saturated carbocycles. The highest BCUT2D eigenvalue weighted by atomic mass is 32.2. The largest absolute Gasteiger partial charge is 0.295 e. The van der Waals surface area contributed by atoms with Gasteiger partial charge in [-0.1, -0.05) is 30.3 Å². The molecular formula is C16H12N2O6S2. The van der Waals surface area contributed by atoms with E-state index >= 15 is 0 Å². The molecule has 3 rings (SSSR count). The van der Waals surface area contributed by atoms with E-state index in [0.29, 0.717) is 5.69 Å². The van der Waals surface area contributed by atoms with Gasteiger partial charge in [0.1, 0.15) is 9.79 Å². The van der Waals surface area contributed by atoms with Crippen molar-refractivity contribution in [3.8, 4) is 0 Å². The molecule has 8 nitrogen and oxygen atoms in total. The molecule has 3 aromatic carbocycles. The highest BCUT2D eigenvalue weighted by Crippen LogP contribution is 2.36. The first kappa shape index (κ1) is 18.1. The Balaban J connectivity index is 2.36. The lowest BCUT2D eigenvalue weighted by Gasteiger charge is -2.09. The van der Waals surface area contributed by atoms with Crippen molar-refractivity contribution in [2.45, 2.75) is 9.79 Å². The summed E-state index contributed by atoms with van der Waals surface area (Å²) in [5, 5.41) is 7.69. The SMILES string of the molecule is O=S(=O)(O)c1ccc(N=Nc2ccccc2)c2c(S(=O)(=O)O)cccc12. The normalized spacial score (nSPS) is 12.7. The van der Waals surface area contributed by atoms with E-state index in [4.69, 9.17) is 0 Å². The minimum Gasteiger partial charge on any atom is -0.282 e. The monoisotopic (exact) mass is 392 g/mol. The van der Waals surface area contributed by atoms with Crippen LogP contribution >= 0.6 is 0 Å². The van der Waals surface area contributed by atoms with Gasteiger partial charge in [-0.05, 0) is 30.3 Å². The van der Waals surface area contributed by atoms with Crippen molar-refractivity contribution in [3.05, 3.63) is 60.7 Å². The van der Waals surface area contributed by atoms with Gasteiger partial charge in [0.2, 0.25) is 0 Å². The summed E-state index contributed by atoms with van der Waals surface area (Å²) >= 11 is 0. The molecule has 134 valence electrons. The molecule has 10 heteroatoms. The Hall–Kier alpha value is -2.66. The van der Waals surface area contributed by atoms with Gasteiger partial charge in [-0.3, -0.25) is 9.11 Å². The van der Waals surface area contributed by atoms with Crippen LogP contribution in [0.3, 0.4) is 0 Å². The molecule has 0 aliphatic heterocycles. The summed E-state index contributed by atoms with van der Waals surface area (Å²) in [4.78, 5) is -1.04. The zero-order valence-electron chi connectivity index (χ0n) is 13.0. The van der Waals surface area contributed by atoms with Crippen LogP contribution in [0.4, 0.5) is 11.4 Å². The Morgan fingerprint density at radius 2 is 1.31 bits per heavy atom. The van der Waals surface area contributed by atoms with Gasteiger partial charge in [-0.15, -0.1) is 5.11 Å². The van der Waals surface area contributed by atoms with Crippen LogP contribution in [0.25, 0.3) is 10.8 Å². The van der Waals surface area contributed by atoms with Crippen LogP contribution in [0.15, 0.2) is 80.7 Å². The third-order valence-corrected chi connectivity index (χ3v) is 5.33. The van der Waals surface area contributed by atoms with Gasteiger partial charge in [0, 0.05) is 10.8 Å². The first-order valence-electron chi connectivity index (χ1n) is 7.15. The zero-order chi connectivity index (χ0) is 18.9. The predicted octanol–water partition coefficient (Wildman–Crippen LogP) is 3.75. The quantitative estimate of drug-likeness (QED) is 0.513. The van der Waals surface area contributed by atoms with Crippen LogP contribution in [-0.2, 0) is 20.2 Å². The second kappa shape index (κ2) is 6.57. The molecule has 0 spiro atoms. The van der Waals surface area contributed by atoms with Gasteiger partial charge in [-0.2, -0.15) is 21.9 Å². The summed E-state index contributed by atoms with van der Waals surface area (Å²) in [6.07, 6.45) is 0. The molecule has 0 fully saturated rings. The van der Waals surface area contributed by atoms with Crippen molar-refractivity contribution in [1.29, 1.82) is 0 Å².